The summed E-state index contributed by atoms with van der Waals surface area (Å²) in [4.78, 5) is 14.5. The van der Waals surface area contributed by atoms with Crippen LogP contribution in [0.2, 0.25) is 0 Å². The van der Waals surface area contributed by atoms with E-state index in [2.05, 4.69) is 15.2 Å². The van der Waals surface area contributed by atoms with Gasteiger partial charge in [-0.3, -0.25) is 9.48 Å². The maximum Gasteiger partial charge on any atom is 0.387 e. The van der Waals surface area contributed by atoms with E-state index in [-0.39, 0.29) is 11.7 Å². The Morgan fingerprint density at radius 2 is 1.93 bits per heavy atom. The highest BCUT2D eigenvalue weighted by molar-refractivity contribution is 6.00. The number of para-hydroxylation sites is 1. The number of ether oxygens (including phenoxy) is 1. The number of anilines is 2. The monoisotopic (exact) mass is 386 g/mol. The fourth-order valence-electron chi connectivity index (χ4n) is 2.76. The molecule has 28 heavy (non-hydrogen) atoms. The van der Waals surface area contributed by atoms with Crippen molar-refractivity contribution in [1.29, 1.82) is 0 Å². The van der Waals surface area contributed by atoms with Crippen molar-refractivity contribution < 1.29 is 18.3 Å². The number of alkyl halides is 2. The average Bonchev–Trinajstić information content (AvgIpc) is 3.07. The Morgan fingerprint density at radius 1 is 1.21 bits per heavy atom. The van der Waals surface area contributed by atoms with E-state index in [1.54, 1.807) is 53.2 Å². The Morgan fingerprint density at radius 3 is 2.57 bits per heavy atom. The molecule has 0 bridgehead atoms. The lowest BCUT2D eigenvalue weighted by Crippen LogP contribution is -2.26. The number of aromatic nitrogens is 2. The molecule has 0 saturated carbocycles. The van der Waals surface area contributed by atoms with Gasteiger partial charge in [0.25, 0.3) is 5.91 Å². The lowest BCUT2D eigenvalue weighted by molar-refractivity contribution is -0.0498. The molecule has 3 aromatic rings. The van der Waals surface area contributed by atoms with Gasteiger partial charge in [-0.2, -0.15) is 13.9 Å². The zero-order chi connectivity index (χ0) is 20.1. The lowest BCUT2D eigenvalue weighted by atomic mass is 10.1. The quantitative estimate of drug-likeness (QED) is 0.666. The third kappa shape index (κ3) is 4.85. The van der Waals surface area contributed by atoms with Crippen molar-refractivity contribution in [3.8, 4) is 5.75 Å². The zero-order valence-electron chi connectivity index (χ0n) is 15.5. The third-order valence-electron chi connectivity index (χ3n) is 4.04. The molecule has 6 nitrogen and oxygen atoms in total. The van der Waals surface area contributed by atoms with Crippen molar-refractivity contribution in [3.63, 3.8) is 0 Å². The molecule has 8 heteroatoms. The number of aryl methyl sites for hydroxylation is 1. The van der Waals surface area contributed by atoms with Gasteiger partial charge in [0.05, 0.1) is 17.4 Å². The van der Waals surface area contributed by atoms with Crippen molar-refractivity contribution in [2.75, 3.05) is 12.4 Å². The molecule has 1 amide bonds. The molecule has 0 spiro atoms. The first-order valence-electron chi connectivity index (χ1n) is 8.56. The summed E-state index contributed by atoms with van der Waals surface area (Å²) in [5.74, 6) is -0.0780. The minimum Gasteiger partial charge on any atom is -0.435 e. The van der Waals surface area contributed by atoms with Gasteiger partial charge < -0.3 is 15.0 Å². The number of carbonyl (C=O) groups is 1. The van der Waals surface area contributed by atoms with Gasteiger partial charge in [0.15, 0.2) is 0 Å². The van der Waals surface area contributed by atoms with Crippen LogP contribution in [0.1, 0.15) is 15.9 Å². The van der Waals surface area contributed by atoms with Crippen molar-refractivity contribution >= 4 is 17.3 Å². The largest absolute Gasteiger partial charge is 0.435 e. The molecule has 0 fully saturated rings. The third-order valence-corrected chi connectivity index (χ3v) is 4.04. The molecule has 2 aromatic carbocycles. The van der Waals surface area contributed by atoms with Crippen LogP contribution < -0.4 is 10.1 Å². The fraction of sp³-hybridized carbons (Fsp3) is 0.200. The highest BCUT2D eigenvalue weighted by atomic mass is 19.3. The number of carbonyl (C=O) groups excluding carboxylic acids is 1. The average molecular weight is 386 g/mol. The Hall–Kier alpha value is -3.42. The number of nitrogens with one attached hydrogen (secondary N) is 1. The molecule has 146 valence electrons. The molecule has 1 aromatic heterocycles. The van der Waals surface area contributed by atoms with E-state index in [0.29, 0.717) is 23.5 Å². The summed E-state index contributed by atoms with van der Waals surface area (Å²) in [5, 5.41) is 7.26. The minimum atomic E-state index is -2.87. The van der Waals surface area contributed by atoms with Crippen LogP contribution in [-0.2, 0) is 13.6 Å². The summed E-state index contributed by atoms with van der Waals surface area (Å²) in [7, 11) is 3.55. The molecular weight excluding hydrogens is 366 g/mol. The number of hydrogen-bond donors (Lipinski definition) is 1. The van der Waals surface area contributed by atoms with Crippen LogP contribution in [0.5, 0.6) is 5.75 Å². The number of amides is 1. The van der Waals surface area contributed by atoms with E-state index in [1.807, 2.05) is 19.3 Å². The molecule has 3 rings (SSSR count). The fourth-order valence-corrected chi connectivity index (χ4v) is 2.76. The van der Waals surface area contributed by atoms with Crippen molar-refractivity contribution in [1.82, 2.24) is 14.7 Å². The van der Waals surface area contributed by atoms with E-state index < -0.39 is 6.61 Å². The molecule has 0 saturated heterocycles. The maximum atomic E-state index is 12.9. The van der Waals surface area contributed by atoms with Gasteiger partial charge in [-0.25, -0.2) is 0 Å². The van der Waals surface area contributed by atoms with Crippen LogP contribution in [0.4, 0.5) is 20.2 Å². The molecule has 1 N–H and O–H groups in total. The van der Waals surface area contributed by atoms with Gasteiger partial charge in [-0.1, -0.05) is 12.1 Å². The van der Waals surface area contributed by atoms with Gasteiger partial charge in [-0.15, -0.1) is 0 Å². The molecule has 0 aliphatic carbocycles. The molecular formula is C20H20F2N4O2. The molecule has 0 atom stereocenters. The van der Waals surface area contributed by atoms with Crippen molar-refractivity contribution in [2.45, 2.75) is 13.2 Å². The second-order valence-corrected chi connectivity index (χ2v) is 6.26. The molecule has 0 aliphatic rings. The first-order valence-corrected chi connectivity index (χ1v) is 8.56. The Balaban J connectivity index is 1.74. The first kappa shape index (κ1) is 19.3. The number of benzene rings is 2. The Labute approximate surface area is 161 Å². The number of nitrogens with zero attached hydrogens (tertiary/aromatic N) is 3. The maximum absolute atomic E-state index is 12.9. The van der Waals surface area contributed by atoms with Gasteiger partial charge in [0, 0.05) is 38.1 Å². The summed E-state index contributed by atoms with van der Waals surface area (Å²) in [5.41, 5.74) is 2.70. The lowest BCUT2D eigenvalue weighted by Gasteiger charge is -2.19. The molecule has 0 unspecified atom stereocenters. The van der Waals surface area contributed by atoms with Crippen molar-refractivity contribution in [2.24, 2.45) is 7.05 Å². The minimum absolute atomic E-state index is 0.0705. The van der Waals surface area contributed by atoms with E-state index in [9.17, 15) is 13.6 Å². The van der Waals surface area contributed by atoms with Crippen LogP contribution in [-0.4, -0.2) is 34.2 Å². The molecule has 1 heterocycles. The molecule has 0 aliphatic heterocycles. The van der Waals surface area contributed by atoms with Gasteiger partial charge in [0.2, 0.25) is 0 Å². The van der Waals surface area contributed by atoms with Crippen LogP contribution in [0.15, 0.2) is 60.9 Å². The smallest absolute Gasteiger partial charge is 0.387 e. The second kappa shape index (κ2) is 8.51. The van der Waals surface area contributed by atoms with E-state index in [4.69, 9.17) is 0 Å². The highest BCUT2D eigenvalue weighted by Crippen LogP contribution is 2.24. The van der Waals surface area contributed by atoms with Crippen LogP contribution in [0.3, 0.4) is 0 Å². The predicted octanol–water partition coefficient (Wildman–Crippen LogP) is 4.04. The van der Waals surface area contributed by atoms with Crippen molar-refractivity contribution in [3.05, 3.63) is 72.1 Å². The van der Waals surface area contributed by atoms with Crippen LogP contribution >= 0.6 is 0 Å². The summed E-state index contributed by atoms with van der Waals surface area (Å²) in [6.07, 6.45) is 3.58. The topological polar surface area (TPSA) is 59.4 Å². The van der Waals surface area contributed by atoms with E-state index in [1.165, 1.54) is 12.1 Å². The highest BCUT2D eigenvalue weighted by Gasteiger charge is 2.16. The van der Waals surface area contributed by atoms with E-state index >= 15 is 0 Å². The SMILES string of the molecule is CN(Cc1cnn(C)c1)C(=O)c1ccccc1Nc1ccc(OC(F)F)cc1. The number of halogens is 2. The van der Waals surface area contributed by atoms with Crippen LogP contribution in [0, 0.1) is 0 Å². The van der Waals surface area contributed by atoms with Gasteiger partial charge in [0.1, 0.15) is 5.75 Å². The number of rotatable bonds is 7. The summed E-state index contributed by atoms with van der Waals surface area (Å²) < 4.78 is 30.5. The second-order valence-electron chi connectivity index (χ2n) is 6.26. The van der Waals surface area contributed by atoms with Gasteiger partial charge >= 0.3 is 6.61 Å². The van der Waals surface area contributed by atoms with E-state index in [0.717, 1.165) is 5.56 Å². The first-order chi connectivity index (χ1) is 13.4. The zero-order valence-corrected chi connectivity index (χ0v) is 15.5. The predicted molar refractivity (Wildman–Crippen MR) is 102 cm³/mol. The summed E-state index contributed by atoms with van der Waals surface area (Å²) >= 11 is 0. The Kier molecular flexibility index (Phi) is 5.88. The van der Waals surface area contributed by atoms with Gasteiger partial charge in [-0.05, 0) is 36.4 Å². The normalized spacial score (nSPS) is 10.8. The molecule has 0 radical (unpaired) electrons. The standard InChI is InChI=1S/C20H20F2N4O2/c1-25(12-14-11-23-26(2)13-14)19(27)17-5-3-4-6-18(17)24-15-7-9-16(10-8-15)28-20(21)22/h3-11,13,20,24H,12H2,1-2H3. The summed E-state index contributed by atoms with van der Waals surface area (Å²) in [6, 6.07) is 13.2. The number of hydrogen-bond acceptors (Lipinski definition) is 4. The Bertz CT molecular complexity index is 941. The van der Waals surface area contributed by atoms with Crippen LogP contribution in [0.25, 0.3) is 0 Å². The summed E-state index contributed by atoms with van der Waals surface area (Å²) in [6.45, 7) is -2.44.